The number of unbranched alkanes of at least 4 members (excludes halogenated alkanes) is 1. The fraction of sp³-hybridized carbons (Fsp3) is 0.810. The van der Waals surface area contributed by atoms with Crippen LogP contribution in [0.15, 0.2) is 0 Å². The zero-order valence-corrected chi connectivity index (χ0v) is 18.9. The quantitative estimate of drug-likeness (QED) is 0.325. The highest BCUT2D eigenvalue weighted by Crippen LogP contribution is 2.24. The van der Waals surface area contributed by atoms with E-state index in [-0.39, 0.29) is 12.8 Å². The van der Waals surface area contributed by atoms with E-state index < -0.39 is 53.0 Å². The van der Waals surface area contributed by atoms with Crippen LogP contribution in [0.25, 0.3) is 0 Å². The van der Waals surface area contributed by atoms with Crippen molar-refractivity contribution in [2.75, 3.05) is 0 Å². The number of aliphatic carboxylic acids is 1. The Morgan fingerprint density at radius 3 is 1.72 bits per heavy atom. The van der Waals surface area contributed by atoms with Crippen LogP contribution in [0.1, 0.15) is 81.1 Å². The molecule has 0 aromatic carbocycles. The topological polar surface area (TPSA) is 116 Å². The normalized spacial score (nSPS) is 15.0. The van der Waals surface area contributed by atoms with Gasteiger partial charge in [-0.15, -0.1) is 0 Å². The zero-order valence-electron chi connectivity index (χ0n) is 18.9. The van der Waals surface area contributed by atoms with Crippen molar-refractivity contribution >= 4 is 23.9 Å². The molecule has 8 nitrogen and oxygen atoms in total. The summed E-state index contributed by atoms with van der Waals surface area (Å²) in [5.41, 5.74) is -1.48. The molecule has 3 atom stereocenters. The maximum Gasteiger partial charge on any atom is 0.315 e. The largest absolute Gasteiger partial charge is 0.481 e. The Balaban J connectivity index is 5.09. The summed E-state index contributed by atoms with van der Waals surface area (Å²) >= 11 is 0. The van der Waals surface area contributed by atoms with Gasteiger partial charge in [-0.3, -0.25) is 19.2 Å². The molecule has 0 spiro atoms. The Bertz CT molecular complexity index is 582. The van der Waals surface area contributed by atoms with E-state index in [4.69, 9.17) is 19.3 Å². The van der Waals surface area contributed by atoms with Crippen LogP contribution in [0.5, 0.6) is 0 Å². The maximum absolute atomic E-state index is 12.7. The number of ether oxygens (including phenoxy) is 3. The lowest BCUT2D eigenvalue weighted by Gasteiger charge is -2.27. The standard InChI is InChI=1S/C21H36O8/c1-13(27-18(25)20(3,4)5)15(11-9-10-12-16(22)23)17(24)28-14(2)29-19(26)21(6,7)8/h13-15H,9-12H2,1-8H3,(H,22,23). The van der Waals surface area contributed by atoms with Gasteiger partial charge in [0.2, 0.25) is 6.29 Å². The van der Waals surface area contributed by atoms with E-state index in [1.165, 1.54) is 6.92 Å². The Labute approximate surface area is 173 Å². The SMILES string of the molecule is CC(OC(=O)C(CCCCC(=O)O)C(C)OC(=O)C(C)(C)C)OC(=O)C(C)(C)C. The Morgan fingerprint density at radius 1 is 0.793 bits per heavy atom. The molecule has 0 heterocycles. The minimum Gasteiger partial charge on any atom is -0.481 e. The van der Waals surface area contributed by atoms with E-state index in [1.54, 1.807) is 48.5 Å². The van der Waals surface area contributed by atoms with Crippen LogP contribution in [0.2, 0.25) is 0 Å². The van der Waals surface area contributed by atoms with Gasteiger partial charge in [0.25, 0.3) is 0 Å². The number of carboxylic acid groups (broad SMARTS) is 1. The summed E-state index contributed by atoms with van der Waals surface area (Å²) in [6, 6.07) is 0. The molecule has 0 aromatic heterocycles. The van der Waals surface area contributed by atoms with Gasteiger partial charge in [0.1, 0.15) is 6.10 Å². The number of carboxylic acids is 1. The van der Waals surface area contributed by atoms with Crippen LogP contribution in [0.4, 0.5) is 0 Å². The second-order valence-electron chi connectivity index (χ2n) is 9.27. The molecule has 0 aliphatic heterocycles. The summed E-state index contributed by atoms with van der Waals surface area (Å²) in [5, 5.41) is 8.76. The van der Waals surface area contributed by atoms with E-state index in [9.17, 15) is 19.2 Å². The molecular weight excluding hydrogens is 380 g/mol. The molecule has 168 valence electrons. The predicted octanol–water partition coefficient (Wildman–Crippen LogP) is 3.70. The van der Waals surface area contributed by atoms with Crippen molar-refractivity contribution in [3.8, 4) is 0 Å². The molecule has 0 aliphatic rings. The number of hydrogen-bond acceptors (Lipinski definition) is 7. The van der Waals surface area contributed by atoms with Gasteiger partial charge in [-0.2, -0.15) is 0 Å². The molecule has 0 amide bonds. The van der Waals surface area contributed by atoms with Gasteiger partial charge < -0.3 is 19.3 Å². The molecule has 8 heteroatoms. The number of rotatable bonds is 10. The average molecular weight is 417 g/mol. The number of hydrogen-bond donors (Lipinski definition) is 1. The molecule has 0 fully saturated rings. The van der Waals surface area contributed by atoms with Crippen LogP contribution in [0.3, 0.4) is 0 Å². The highest BCUT2D eigenvalue weighted by Gasteiger charge is 2.34. The van der Waals surface area contributed by atoms with Crippen LogP contribution in [-0.4, -0.2) is 41.4 Å². The van der Waals surface area contributed by atoms with Crippen molar-refractivity contribution in [1.82, 2.24) is 0 Å². The zero-order chi connectivity index (χ0) is 23.0. The fourth-order valence-electron chi connectivity index (χ4n) is 2.21. The van der Waals surface area contributed by atoms with Gasteiger partial charge in [0.05, 0.1) is 16.7 Å². The summed E-state index contributed by atoms with van der Waals surface area (Å²) in [4.78, 5) is 47.5. The lowest BCUT2D eigenvalue weighted by atomic mass is 9.94. The van der Waals surface area contributed by atoms with E-state index in [0.717, 1.165) is 0 Å². The summed E-state index contributed by atoms with van der Waals surface area (Å²) in [6.07, 6.45) is -0.777. The van der Waals surface area contributed by atoms with Crippen LogP contribution >= 0.6 is 0 Å². The minimum atomic E-state index is -1.10. The average Bonchev–Trinajstić information content (AvgIpc) is 2.51. The first-order chi connectivity index (χ1) is 13.1. The molecule has 0 aromatic rings. The highest BCUT2D eigenvalue weighted by molar-refractivity contribution is 5.78. The highest BCUT2D eigenvalue weighted by atomic mass is 16.7. The van der Waals surface area contributed by atoms with Crippen molar-refractivity contribution < 1.29 is 38.5 Å². The van der Waals surface area contributed by atoms with Crippen molar-refractivity contribution in [2.24, 2.45) is 16.7 Å². The molecule has 0 rings (SSSR count). The molecule has 1 N–H and O–H groups in total. The van der Waals surface area contributed by atoms with Crippen LogP contribution < -0.4 is 0 Å². The Morgan fingerprint density at radius 2 is 1.28 bits per heavy atom. The van der Waals surface area contributed by atoms with Gasteiger partial charge in [0.15, 0.2) is 0 Å². The second-order valence-corrected chi connectivity index (χ2v) is 9.27. The van der Waals surface area contributed by atoms with E-state index >= 15 is 0 Å². The molecular formula is C21H36O8. The maximum atomic E-state index is 12.7. The predicted molar refractivity (Wildman–Crippen MR) is 106 cm³/mol. The van der Waals surface area contributed by atoms with Gasteiger partial charge in [-0.1, -0.05) is 6.42 Å². The van der Waals surface area contributed by atoms with E-state index in [0.29, 0.717) is 12.8 Å². The number of esters is 3. The Kier molecular flexibility index (Phi) is 10.3. The van der Waals surface area contributed by atoms with Crippen molar-refractivity contribution in [3.05, 3.63) is 0 Å². The second kappa shape index (κ2) is 11.2. The first kappa shape index (κ1) is 26.9. The minimum absolute atomic E-state index is 0.0163. The summed E-state index contributed by atoms with van der Waals surface area (Å²) < 4.78 is 15.8. The summed E-state index contributed by atoms with van der Waals surface area (Å²) in [7, 11) is 0. The van der Waals surface area contributed by atoms with Gasteiger partial charge in [-0.25, -0.2) is 0 Å². The third-order valence-corrected chi connectivity index (χ3v) is 4.10. The number of carbonyl (C=O) groups is 4. The third kappa shape index (κ3) is 10.9. The lowest BCUT2D eigenvalue weighted by Crippen LogP contribution is -2.37. The summed E-state index contributed by atoms with van der Waals surface area (Å²) in [6.45, 7) is 13.2. The lowest BCUT2D eigenvalue weighted by molar-refractivity contribution is -0.196. The van der Waals surface area contributed by atoms with Crippen LogP contribution in [-0.2, 0) is 33.4 Å². The van der Waals surface area contributed by atoms with Gasteiger partial charge in [0, 0.05) is 13.3 Å². The molecule has 3 unspecified atom stereocenters. The van der Waals surface area contributed by atoms with Crippen molar-refractivity contribution in [3.63, 3.8) is 0 Å². The van der Waals surface area contributed by atoms with E-state index in [1.807, 2.05) is 0 Å². The van der Waals surface area contributed by atoms with Gasteiger partial charge >= 0.3 is 23.9 Å². The van der Waals surface area contributed by atoms with Gasteiger partial charge in [-0.05, 0) is 61.3 Å². The summed E-state index contributed by atoms with van der Waals surface area (Å²) in [5.74, 6) is -3.35. The molecule has 0 radical (unpaired) electrons. The van der Waals surface area contributed by atoms with Crippen LogP contribution in [0, 0.1) is 16.7 Å². The van der Waals surface area contributed by atoms with E-state index in [2.05, 4.69) is 0 Å². The molecule has 29 heavy (non-hydrogen) atoms. The molecule has 0 saturated heterocycles. The first-order valence-electron chi connectivity index (χ1n) is 9.90. The number of carbonyl (C=O) groups excluding carboxylic acids is 3. The fourth-order valence-corrected chi connectivity index (χ4v) is 2.21. The smallest absolute Gasteiger partial charge is 0.315 e. The van der Waals surface area contributed by atoms with Crippen molar-refractivity contribution in [1.29, 1.82) is 0 Å². The monoisotopic (exact) mass is 416 g/mol. The third-order valence-electron chi connectivity index (χ3n) is 4.10. The van der Waals surface area contributed by atoms with Crippen molar-refractivity contribution in [2.45, 2.75) is 93.5 Å². The first-order valence-corrected chi connectivity index (χ1v) is 9.90. The molecule has 0 saturated carbocycles. The Hall–Kier alpha value is -2.12. The molecule has 0 aliphatic carbocycles. The molecule has 0 bridgehead atoms.